The Kier molecular flexibility index (Phi) is 3.63. The van der Waals surface area contributed by atoms with Crippen molar-refractivity contribution < 1.29 is 9.72 Å². The van der Waals surface area contributed by atoms with Crippen molar-refractivity contribution in [3.8, 4) is 0 Å². The molecule has 0 spiro atoms. The number of aryl methyl sites for hydroxylation is 2. The molecule has 5 heteroatoms. The van der Waals surface area contributed by atoms with Crippen LogP contribution < -0.4 is 4.90 Å². The van der Waals surface area contributed by atoms with Gasteiger partial charge >= 0.3 is 0 Å². The van der Waals surface area contributed by atoms with Crippen LogP contribution in [0.1, 0.15) is 27.9 Å². The van der Waals surface area contributed by atoms with E-state index in [1.807, 2.05) is 25.1 Å². The van der Waals surface area contributed by atoms with Gasteiger partial charge < -0.3 is 4.90 Å². The monoisotopic (exact) mass is 296 g/mol. The van der Waals surface area contributed by atoms with Crippen LogP contribution in [0.3, 0.4) is 0 Å². The number of carbonyl (C=O) groups is 1. The number of rotatable bonds is 2. The highest BCUT2D eigenvalue weighted by Gasteiger charge is 2.26. The van der Waals surface area contributed by atoms with Crippen molar-refractivity contribution in [2.75, 3.05) is 11.4 Å². The fourth-order valence-corrected chi connectivity index (χ4v) is 2.85. The Morgan fingerprint density at radius 2 is 2.00 bits per heavy atom. The Morgan fingerprint density at radius 1 is 1.23 bits per heavy atom. The van der Waals surface area contributed by atoms with Gasteiger partial charge in [-0.15, -0.1) is 0 Å². The largest absolute Gasteiger partial charge is 0.308 e. The summed E-state index contributed by atoms with van der Waals surface area (Å²) in [4.78, 5) is 25.0. The standard InChI is InChI=1S/C17H16N2O3/c1-12-5-2-3-7-15(12)17(20)18-10-4-6-13-8-9-14(19(21)22)11-16(13)18/h2-3,5,7-9,11H,4,6,10H2,1H3. The predicted octanol–water partition coefficient (Wildman–Crippen LogP) is 3.50. The van der Waals surface area contributed by atoms with Crippen molar-refractivity contribution in [2.45, 2.75) is 19.8 Å². The van der Waals surface area contributed by atoms with Gasteiger partial charge in [-0.25, -0.2) is 0 Å². The fourth-order valence-electron chi connectivity index (χ4n) is 2.85. The van der Waals surface area contributed by atoms with E-state index >= 15 is 0 Å². The van der Waals surface area contributed by atoms with Crippen molar-refractivity contribution >= 4 is 17.3 Å². The third kappa shape index (κ3) is 2.45. The molecule has 0 N–H and O–H groups in total. The molecule has 0 radical (unpaired) electrons. The second kappa shape index (κ2) is 5.60. The Bertz CT molecular complexity index is 755. The van der Waals surface area contributed by atoms with Gasteiger partial charge in [0.2, 0.25) is 0 Å². The molecule has 0 atom stereocenters. The first-order chi connectivity index (χ1) is 10.6. The molecule has 0 bridgehead atoms. The summed E-state index contributed by atoms with van der Waals surface area (Å²) in [6, 6.07) is 12.2. The molecular formula is C17H16N2O3. The predicted molar refractivity (Wildman–Crippen MR) is 84.3 cm³/mol. The number of hydrogen-bond acceptors (Lipinski definition) is 3. The molecule has 22 heavy (non-hydrogen) atoms. The van der Waals surface area contributed by atoms with E-state index in [1.165, 1.54) is 12.1 Å². The van der Waals surface area contributed by atoms with Crippen LogP contribution in [0.25, 0.3) is 0 Å². The van der Waals surface area contributed by atoms with Crippen LogP contribution in [-0.4, -0.2) is 17.4 Å². The van der Waals surface area contributed by atoms with Gasteiger partial charge in [-0.05, 0) is 37.0 Å². The normalized spacial score (nSPS) is 13.6. The quantitative estimate of drug-likeness (QED) is 0.629. The number of nitro groups is 1. The van der Waals surface area contributed by atoms with E-state index in [2.05, 4.69) is 0 Å². The van der Waals surface area contributed by atoms with Crippen molar-refractivity contribution in [1.29, 1.82) is 0 Å². The smallest absolute Gasteiger partial charge is 0.271 e. The summed E-state index contributed by atoms with van der Waals surface area (Å²) in [6.07, 6.45) is 1.70. The lowest BCUT2D eigenvalue weighted by Gasteiger charge is -2.29. The van der Waals surface area contributed by atoms with E-state index in [0.29, 0.717) is 17.8 Å². The van der Waals surface area contributed by atoms with Crippen molar-refractivity contribution in [1.82, 2.24) is 0 Å². The zero-order valence-corrected chi connectivity index (χ0v) is 12.3. The van der Waals surface area contributed by atoms with Crippen LogP contribution in [-0.2, 0) is 6.42 Å². The summed E-state index contributed by atoms with van der Waals surface area (Å²) in [7, 11) is 0. The molecular weight excluding hydrogens is 280 g/mol. The number of hydrogen-bond donors (Lipinski definition) is 0. The van der Waals surface area contributed by atoms with Gasteiger partial charge in [-0.3, -0.25) is 14.9 Å². The minimum atomic E-state index is -0.425. The van der Waals surface area contributed by atoms with E-state index < -0.39 is 4.92 Å². The first-order valence-corrected chi connectivity index (χ1v) is 7.23. The SMILES string of the molecule is Cc1ccccc1C(=O)N1CCCc2ccc([N+](=O)[O-])cc21. The van der Waals surface area contributed by atoms with Gasteiger partial charge in [-0.2, -0.15) is 0 Å². The van der Waals surface area contributed by atoms with Crippen LogP contribution >= 0.6 is 0 Å². The molecule has 0 saturated carbocycles. The lowest BCUT2D eigenvalue weighted by atomic mass is 9.99. The molecule has 1 heterocycles. The molecule has 5 nitrogen and oxygen atoms in total. The van der Waals surface area contributed by atoms with E-state index in [1.54, 1.807) is 17.0 Å². The summed E-state index contributed by atoms with van der Waals surface area (Å²) in [5, 5.41) is 11.0. The second-order valence-electron chi connectivity index (χ2n) is 5.45. The Balaban J connectivity index is 2.04. The Hall–Kier alpha value is -2.69. The summed E-state index contributed by atoms with van der Waals surface area (Å²) in [5.41, 5.74) is 3.21. The average Bonchev–Trinajstić information content (AvgIpc) is 2.53. The summed E-state index contributed by atoms with van der Waals surface area (Å²) >= 11 is 0. The maximum Gasteiger partial charge on any atom is 0.271 e. The lowest BCUT2D eigenvalue weighted by molar-refractivity contribution is -0.384. The number of amides is 1. The molecule has 112 valence electrons. The molecule has 0 aromatic heterocycles. The third-order valence-electron chi connectivity index (χ3n) is 4.02. The highest BCUT2D eigenvalue weighted by molar-refractivity contribution is 6.07. The second-order valence-corrected chi connectivity index (χ2v) is 5.45. The van der Waals surface area contributed by atoms with Crippen molar-refractivity contribution in [2.24, 2.45) is 0 Å². The molecule has 1 aliphatic heterocycles. The highest BCUT2D eigenvalue weighted by Crippen LogP contribution is 2.32. The topological polar surface area (TPSA) is 63.5 Å². The van der Waals surface area contributed by atoms with Gasteiger partial charge in [0, 0.05) is 24.2 Å². The first-order valence-electron chi connectivity index (χ1n) is 7.23. The molecule has 0 fully saturated rings. The minimum Gasteiger partial charge on any atom is -0.308 e. The molecule has 3 rings (SSSR count). The highest BCUT2D eigenvalue weighted by atomic mass is 16.6. The zero-order chi connectivity index (χ0) is 15.7. The van der Waals surface area contributed by atoms with Crippen LogP contribution in [0.5, 0.6) is 0 Å². The van der Waals surface area contributed by atoms with Gasteiger partial charge in [0.1, 0.15) is 0 Å². The average molecular weight is 296 g/mol. The summed E-state index contributed by atoms with van der Waals surface area (Å²) < 4.78 is 0. The maximum absolute atomic E-state index is 12.8. The molecule has 0 aliphatic carbocycles. The van der Waals surface area contributed by atoms with Crippen molar-refractivity contribution in [3.05, 3.63) is 69.3 Å². The first kappa shape index (κ1) is 14.3. The van der Waals surface area contributed by atoms with Crippen LogP contribution in [0.15, 0.2) is 42.5 Å². The molecule has 2 aromatic rings. The Morgan fingerprint density at radius 3 is 2.73 bits per heavy atom. The minimum absolute atomic E-state index is 0.0169. The van der Waals surface area contributed by atoms with Gasteiger partial charge in [0.25, 0.3) is 11.6 Å². The van der Waals surface area contributed by atoms with E-state index in [9.17, 15) is 14.9 Å². The number of fused-ring (bicyclic) bond motifs is 1. The van der Waals surface area contributed by atoms with Crippen LogP contribution in [0.4, 0.5) is 11.4 Å². The zero-order valence-electron chi connectivity index (χ0n) is 12.3. The number of nitrogens with zero attached hydrogens (tertiary/aromatic N) is 2. The third-order valence-corrected chi connectivity index (χ3v) is 4.02. The maximum atomic E-state index is 12.8. The fraction of sp³-hybridized carbons (Fsp3) is 0.235. The number of benzene rings is 2. The van der Waals surface area contributed by atoms with Gasteiger partial charge in [-0.1, -0.05) is 24.3 Å². The number of carbonyl (C=O) groups excluding carboxylic acids is 1. The van der Waals surface area contributed by atoms with E-state index in [-0.39, 0.29) is 11.6 Å². The van der Waals surface area contributed by atoms with Gasteiger partial charge in [0.15, 0.2) is 0 Å². The molecule has 0 saturated heterocycles. The molecule has 1 amide bonds. The Labute approximate surface area is 128 Å². The summed E-state index contributed by atoms with van der Waals surface area (Å²) in [5.74, 6) is -0.0976. The number of non-ortho nitro benzene ring substituents is 1. The van der Waals surface area contributed by atoms with Crippen LogP contribution in [0, 0.1) is 17.0 Å². The molecule has 1 aliphatic rings. The van der Waals surface area contributed by atoms with E-state index in [4.69, 9.17) is 0 Å². The van der Waals surface area contributed by atoms with Crippen molar-refractivity contribution in [3.63, 3.8) is 0 Å². The number of anilines is 1. The molecule has 0 unspecified atom stereocenters. The van der Waals surface area contributed by atoms with Crippen LogP contribution in [0.2, 0.25) is 0 Å². The lowest BCUT2D eigenvalue weighted by Crippen LogP contribution is -2.35. The summed E-state index contributed by atoms with van der Waals surface area (Å²) in [6.45, 7) is 2.48. The number of nitro benzene ring substituents is 1. The van der Waals surface area contributed by atoms with Gasteiger partial charge in [0.05, 0.1) is 10.6 Å². The van der Waals surface area contributed by atoms with E-state index in [0.717, 1.165) is 24.0 Å². The molecule has 2 aromatic carbocycles.